The molecule has 170 valence electrons. The van der Waals surface area contributed by atoms with E-state index in [4.69, 9.17) is 4.98 Å². The Hall–Kier alpha value is -3.40. The van der Waals surface area contributed by atoms with Crippen LogP contribution in [0.3, 0.4) is 0 Å². The predicted octanol–water partition coefficient (Wildman–Crippen LogP) is 5.19. The number of nitrogens with zero attached hydrogens (tertiary/aromatic N) is 4. The Morgan fingerprint density at radius 1 is 1.18 bits per heavy atom. The average Bonchev–Trinajstić information content (AvgIpc) is 3.53. The molecule has 1 atom stereocenters. The Kier molecular flexibility index (Phi) is 5.53. The van der Waals surface area contributed by atoms with E-state index >= 15 is 0 Å². The molecule has 33 heavy (non-hydrogen) atoms. The van der Waals surface area contributed by atoms with Gasteiger partial charge in [-0.1, -0.05) is 30.3 Å². The fourth-order valence-electron chi connectivity index (χ4n) is 4.13. The number of nitrogens with one attached hydrogen (secondary N) is 1. The number of halogens is 3. The molecule has 1 unspecified atom stereocenters. The lowest BCUT2D eigenvalue weighted by atomic mass is 10.1. The number of fused-ring (bicyclic) bond motifs is 1. The zero-order valence-electron chi connectivity index (χ0n) is 17.4. The van der Waals surface area contributed by atoms with Gasteiger partial charge in [0.2, 0.25) is 0 Å². The topological polar surface area (TPSA) is 62.5 Å². The number of rotatable bonds is 5. The molecule has 10 heteroatoms. The SMILES string of the molecule is O=C(c1c(-c2ccccc2)nc2sccn12)N1CCCC1CNc1ccc(C(F)(F)F)cn1. The van der Waals surface area contributed by atoms with Crippen LogP contribution in [0.15, 0.2) is 60.2 Å². The van der Waals surface area contributed by atoms with Crippen LogP contribution in [0, 0.1) is 0 Å². The maximum Gasteiger partial charge on any atom is 0.417 e. The zero-order chi connectivity index (χ0) is 23.0. The van der Waals surface area contributed by atoms with Gasteiger partial charge >= 0.3 is 6.18 Å². The summed E-state index contributed by atoms with van der Waals surface area (Å²) >= 11 is 1.47. The van der Waals surface area contributed by atoms with Crippen LogP contribution in [0.2, 0.25) is 0 Å². The quantitative estimate of drug-likeness (QED) is 0.435. The Labute approximate surface area is 191 Å². The van der Waals surface area contributed by atoms with Gasteiger partial charge in [0, 0.05) is 42.5 Å². The molecule has 6 nitrogen and oxygen atoms in total. The number of thiazole rings is 1. The third-order valence-electron chi connectivity index (χ3n) is 5.76. The number of hydrogen-bond acceptors (Lipinski definition) is 5. The normalized spacial score (nSPS) is 16.5. The summed E-state index contributed by atoms with van der Waals surface area (Å²) in [5.41, 5.74) is 1.26. The second-order valence-corrected chi connectivity index (χ2v) is 8.71. The van der Waals surface area contributed by atoms with E-state index in [1.54, 1.807) is 0 Å². The summed E-state index contributed by atoms with van der Waals surface area (Å²) in [5, 5.41) is 4.98. The van der Waals surface area contributed by atoms with E-state index in [2.05, 4.69) is 10.3 Å². The van der Waals surface area contributed by atoms with Crippen LogP contribution in [0.5, 0.6) is 0 Å². The molecule has 0 aliphatic carbocycles. The number of benzene rings is 1. The third kappa shape index (κ3) is 4.18. The van der Waals surface area contributed by atoms with Crippen molar-refractivity contribution in [1.82, 2.24) is 19.3 Å². The van der Waals surface area contributed by atoms with Crippen LogP contribution in [0.25, 0.3) is 16.2 Å². The molecule has 0 saturated carbocycles. The largest absolute Gasteiger partial charge is 0.417 e. The predicted molar refractivity (Wildman–Crippen MR) is 120 cm³/mol. The second-order valence-electron chi connectivity index (χ2n) is 7.84. The first-order valence-corrected chi connectivity index (χ1v) is 11.4. The highest BCUT2D eigenvalue weighted by Gasteiger charge is 2.34. The molecule has 1 aliphatic rings. The molecule has 4 heterocycles. The molecular formula is C23H20F3N5OS. The van der Waals surface area contributed by atoms with Crippen molar-refractivity contribution in [3.63, 3.8) is 0 Å². The number of pyridine rings is 1. The summed E-state index contributed by atoms with van der Waals surface area (Å²) in [6.45, 7) is 1.01. The lowest BCUT2D eigenvalue weighted by Gasteiger charge is -2.25. The highest BCUT2D eigenvalue weighted by atomic mass is 32.1. The van der Waals surface area contributed by atoms with Gasteiger partial charge in [-0.15, -0.1) is 11.3 Å². The molecule has 1 fully saturated rings. The maximum atomic E-state index is 13.7. The van der Waals surface area contributed by atoms with E-state index in [1.165, 1.54) is 17.4 Å². The van der Waals surface area contributed by atoms with Crippen molar-refractivity contribution in [2.45, 2.75) is 25.1 Å². The molecular weight excluding hydrogens is 451 g/mol. The van der Waals surface area contributed by atoms with Crippen LogP contribution in [0.1, 0.15) is 28.9 Å². The molecule has 0 spiro atoms. The summed E-state index contributed by atoms with van der Waals surface area (Å²) in [6, 6.07) is 11.8. The minimum absolute atomic E-state index is 0.102. The highest BCUT2D eigenvalue weighted by Crippen LogP contribution is 2.31. The van der Waals surface area contributed by atoms with Crippen molar-refractivity contribution < 1.29 is 18.0 Å². The first-order chi connectivity index (χ1) is 15.9. The molecule has 4 aromatic rings. The first-order valence-electron chi connectivity index (χ1n) is 10.5. The van der Waals surface area contributed by atoms with Crippen molar-refractivity contribution >= 4 is 28.0 Å². The van der Waals surface area contributed by atoms with Gasteiger partial charge in [-0.05, 0) is 25.0 Å². The fourth-order valence-corrected chi connectivity index (χ4v) is 4.84. The minimum Gasteiger partial charge on any atom is -0.368 e. The Morgan fingerprint density at radius 3 is 2.73 bits per heavy atom. The number of likely N-dealkylation sites (tertiary alicyclic amines) is 1. The van der Waals surface area contributed by atoms with Crippen molar-refractivity contribution in [3.8, 4) is 11.3 Å². The Morgan fingerprint density at radius 2 is 2.00 bits per heavy atom. The number of anilines is 1. The molecule has 0 radical (unpaired) electrons. The zero-order valence-corrected chi connectivity index (χ0v) is 18.2. The molecule has 1 N–H and O–H groups in total. The number of carbonyl (C=O) groups excluding carboxylic acids is 1. The van der Waals surface area contributed by atoms with Crippen molar-refractivity contribution in [3.05, 3.63) is 71.5 Å². The summed E-state index contributed by atoms with van der Waals surface area (Å²) < 4.78 is 40.1. The summed E-state index contributed by atoms with van der Waals surface area (Å²) in [6.07, 6.45) is -0.112. The molecule has 1 saturated heterocycles. The number of hydrogen-bond donors (Lipinski definition) is 1. The van der Waals surface area contributed by atoms with E-state index in [0.29, 0.717) is 30.3 Å². The molecule has 0 bridgehead atoms. The van der Waals surface area contributed by atoms with E-state index in [9.17, 15) is 18.0 Å². The van der Waals surface area contributed by atoms with Gasteiger partial charge in [0.1, 0.15) is 17.2 Å². The van der Waals surface area contributed by atoms with Gasteiger partial charge in [0.25, 0.3) is 5.91 Å². The molecule has 1 aromatic carbocycles. The van der Waals surface area contributed by atoms with Crippen molar-refractivity contribution in [2.75, 3.05) is 18.4 Å². The molecule has 5 rings (SSSR count). The van der Waals surface area contributed by atoms with Crippen molar-refractivity contribution in [2.24, 2.45) is 0 Å². The monoisotopic (exact) mass is 471 g/mol. The lowest BCUT2D eigenvalue weighted by molar-refractivity contribution is -0.137. The summed E-state index contributed by atoms with van der Waals surface area (Å²) in [4.78, 5) is 24.8. The van der Waals surface area contributed by atoms with Crippen LogP contribution in [0.4, 0.5) is 19.0 Å². The summed E-state index contributed by atoms with van der Waals surface area (Å²) in [7, 11) is 0. The average molecular weight is 472 g/mol. The molecule has 1 aliphatic heterocycles. The second kappa shape index (κ2) is 8.51. The Balaban J connectivity index is 1.37. The van der Waals surface area contributed by atoms with Crippen LogP contribution in [-0.4, -0.2) is 44.3 Å². The number of carbonyl (C=O) groups is 1. The van der Waals surface area contributed by atoms with Crippen LogP contribution < -0.4 is 5.32 Å². The highest BCUT2D eigenvalue weighted by molar-refractivity contribution is 7.15. The molecule has 3 aromatic heterocycles. The minimum atomic E-state index is -4.42. The van der Waals surface area contributed by atoms with Gasteiger partial charge in [-0.25, -0.2) is 9.97 Å². The number of alkyl halides is 3. The van der Waals surface area contributed by atoms with Gasteiger partial charge in [-0.3, -0.25) is 9.20 Å². The number of imidazole rings is 1. The van der Waals surface area contributed by atoms with E-state index in [0.717, 1.165) is 35.6 Å². The van der Waals surface area contributed by atoms with Crippen molar-refractivity contribution in [1.29, 1.82) is 0 Å². The van der Waals surface area contributed by atoms with E-state index in [1.807, 2.05) is 51.2 Å². The number of amides is 1. The third-order valence-corrected chi connectivity index (χ3v) is 6.52. The standard InChI is InChI=1S/C23H20F3N5OS/c24-23(25,26)16-8-9-18(27-13-16)28-14-17-7-4-10-30(17)21(32)20-19(15-5-2-1-3-6-15)29-22-31(20)11-12-33-22/h1-3,5-6,8-9,11-13,17H,4,7,10,14H2,(H,27,28). The molecule has 1 amide bonds. The van der Waals surface area contributed by atoms with E-state index in [-0.39, 0.29) is 11.9 Å². The van der Waals surface area contributed by atoms with Gasteiger partial charge in [0.15, 0.2) is 4.96 Å². The van der Waals surface area contributed by atoms with Gasteiger partial charge < -0.3 is 10.2 Å². The number of aromatic nitrogens is 3. The van der Waals surface area contributed by atoms with Gasteiger partial charge in [0.05, 0.1) is 5.56 Å². The Bertz CT molecular complexity index is 1270. The van der Waals surface area contributed by atoms with Crippen LogP contribution >= 0.6 is 11.3 Å². The van der Waals surface area contributed by atoms with Crippen LogP contribution in [-0.2, 0) is 6.18 Å². The van der Waals surface area contributed by atoms with Gasteiger partial charge in [-0.2, -0.15) is 13.2 Å². The maximum absolute atomic E-state index is 13.7. The van der Waals surface area contributed by atoms with E-state index < -0.39 is 11.7 Å². The lowest BCUT2D eigenvalue weighted by Crippen LogP contribution is -2.40. The first kappa shape index (κ1) is 21.4. The summed E-state index contributed by atoms with van der Waals surface area (Å²) in [5.74, 6) is 0.237. The fraction of sp³-hybridized carbons (Fsp3) is 0.261. The smallest absolute Gasteiger partial charge is 0.368 e.